The van der Waals surface area contributed by atoms with E-state index in [1.54, 1.807) is 43.5 Å². The first-order chi connectivity index (χ1) is 11.1. The van der Waals surface area contributed by atoms with E-state index >= 15 is 0 Å². The Hall–Kier alpha value is -2.01. The molecule has 23 heavy (non-hydrogen) atoms. The van der Waals surface area contributed by atoms with Crippen molar-refractivity contribution in [2.24, 2.45) is 0 Å². The standard InChI is InChI=1S/C17H15Cl2NO3/c1-22-11-23-14-6-2-12(3-7-14)4-9-17(21)20-16-10-13(18)5-8-15(16)19/h2-10H,11H2,1H3,(H,20,21)/b9-4+. The number of methoxy groups -OCH3 is 1. The lowest BCUT2D eigenvalue weighted by atomic mass is 10.2. The van der Waals surface area contributed by atoms with E-state index in [0.29, 0.717) is 21.5 Å². The number of amides is 1. The highest BCUT2D eigenvalue weighted by Gasteiger charge is 2.04. The van der Waals surface area contributed by atoms with E-state index in [1.165, 1.54) is 6.08 Å². The van der Waals surface area contributed by atoms with E-state index in [0.717, 1.165) is 5.56 Å². The predicted octanol–water partition coefficient (Wildman–Crippen LogP) is 4.63. The maximum Gasteiger partial charge on any atom is 0.248 e. The summed E-state index contributed by atoms with van der Waals surface area (Å²) >= 11 is 11.9. The number of halogens is 2. The number of anilines is 1. The van der Waals surface area contributed by atoms with Crippen LogP contribution in [-0.4, -0.2) is 19.8 Å². The van der Waals surface area contributed by atoms with E-state index in [9.17, 15) is 4.79 Å². The highest BCUT2D eigenvalue weighted by atomic mass is 35.5. The molecule has 6 heteroatoms. The molecule has 1 N–H and O–H groups in total. The Morgan fingerprint density at radius 3 is 2.61 bits per heavy atom. The SMILES string of the molecule is COCOc1ccc(/C=C/C(=O)Nc2cc(Cl)ccc2Cl)cc1. The first-order valence-electron chi connectivity index (χ1n) is 6.74. The zero-order chi connectivity index (χ0) is 16.7. The number of benzene rings is 2. The van der Waals surface area contributed by atoms with Gasteiger partial charge < -0.3 is 14.8 Å². The fraction of sp³-hybridized carbons (Fsp3) is 0.118. The molecule has 0 bridgehead atoms. The van der Waals surface area contributed by atoms with Crippen molar-refractivity contribution in [1.82, 2.24) is 0 Å². The summed E-state index contributed by atoms with van der Waals surface area (Å²) in [4.78, 5) is 11.9. The molecule has 0 atom stereocenters. The number of rotatable bonds is 6. The molecule has 0 saturated carbocycles. The Balaban J connectivity index is 1.96. The van der Waals surface area contributed by atoms with Crippen LogP contribution in [0.3, 0.4) is 0 Å². The predicted molar refractivity (Wildman–Crippen MR) is 93.1 cm³/mol. The van der Waals surface area contributed by atoms with Crippen LogP contribution in [0.2, 0.25) is 10.0 Å². The van der Waals surface area contributed by atoms with Gasteiger partial charge in [-0.3, -0.25) is 4.79 Å². The van der Waals surface area contributed by atoms with Crippen LogP contribution in [-0.2, 0) is 9.53 Å². The molecule has 0 aliphatic carbocycles. The van der Waals surface area contributed by atoms with E-state index in [2.05, 4.69) is 5.32 Å². The van der Waals surface area contributed by atoms with Crippen LogP contribution >= 0.6 is 23.2 Å². The molecule has 1 amide bonds. The zero-order valence-electron chi connectivity index (χ0n) is 12.4. The van der Waals surface area contributed by atoms with Crippen molar-refractivity contribution >= 4 is 40.9 Å². The van der Waals surface area contributed by atoms with Crippen LogP contribution in [0.1, 0.15) is 5.56 Å². The van der Waals surface area contributed by atoms with Crippen LogP contribution in [0.15, 0.2) is 48.5 Å². The summed E-state index contributed by atoms with van der Waals surface area (Å²) in [5.74, 6) is 0.396. The van der Waals surface area contributed by atoms with Gasteiger partial charge in [0.2, 0.25) is 5.91 Å². The van der Waals surface area contributed by atoms with Crippen LogP contribution in [0.5, 0.6) is 5.75 Å². The summed E-state index contributed by atoms with van der Waals surface area (Å²) in [7, 11) is 1.56. The lowest BCUT2D eigenvalue weighted by Crippen LogP contribution is -2.08. The second-order valence-corrected chi connectivity index (χ2v) is 5.41. The lowest BCUT2D eigenvalue weighted by Gasteiger charge is -2.05. The van der Waals surface area contributed by atoms with Crippen molar-refractivity contribution in [3.8, 4) is 5.75 Å². The summed E-state index contributed by atoms with van der Waals surface area (Å²) in [6.07, 6.45) is 3.11. The van der Waals surface area contributed by atoms with Crippen molar-refractivity contribution < 1.29 is 14.3 Å². The third-order valence-corrected chi connectivity index (χ3v) is 3.40. The van der Waals surface area contributed by atoms with E-state index in [1.807, 2.05) is 12.1 Å². The molecule has 0 radical (unpaired) electrons. The monoisotopic (exact) mass is 351 g/mol. The van der Waals surface area contributed by atoms with E-state index < -0.39 is 0 Å². The third-order valence-electron chi connectivity index (χ3n) is 2.84. The minimum atomic E-state index is -0.297. The molecular weight excluding hydrogens is 337 g/mol. The Bertz CT molecular complexity index is 699. The summed E-state index contributed by atoms with van der Waals surface area (Å²) in [5, 5.41) is 3.60. The normalized spacial score (nSPS) is 10.7. The average Bonchev–Trinajstić information content (AvgIpc) is 2.55. The fourth-order valence-electron chi connectivity index (χ4n) is 1.74. The van der Waals surface area contributed by atoms with Crippen LogP contribution in [0, 0.1) is 0 Å². The summed E-state index contributed by atoms with van der Waals surface area (Å²) in [6, 6.07) is 12.1. The van der Waals surface area contributed by atoms with Gasteiger partial charge in [-0.15, -0.1) is 0 Å². The molecule has 0 fully saturated rings. The molecule has 4 nitrogen and oxygen atoms in total. The number of nitrogens with one attached hydrogen (secondary N) is 1. The average molecular weight is 352 g/mol. The van der Waals surface area contributed by atoms with Crippen LogP contribution < -0.4 is 10.1 Å². The maximum absolute atomic E-state index is 11.9. The first-order valence-corrected chi connectivity index (χ1v) is 7.50. The number of hydrogen-bond acceptors (Lipinski definition) is 3. The molecule has 2 aromatic carbocycles. The van der Waals surface area contributed by atoms with Gasteiger partial charge in [0.25, 0.3) is 0 Å². The van der Waals surface area contributed by atoms with Gasteiger partial charge in [0.15, 0.2) is 6.79 Å². The number of hydrogen-bond donors (Lipinski definition) is 1. The van der Waals surface area contributed by atoms with E-state index in [4.69, 9.17) is 32.7 Å². The van der Waals surface area contributed by atoms with Crippen molar-refractivity contribution in [2.75, 3.05) is 19.2 Å². The largest absolute Gasteiger partial charge is 0.468 e. The van der Waals surface area contributed by atoms with Crippen molar-refractivity contribution in [1.29, 1.82) is 0 Å². The molecule has 2 rings (SSSR count). The van der Waals surface area contributed by atoms with Crippen molar-refractivity contribution in [3.63, 3.8) is 0 Å². The maximum atomic E-state index is 11.9. The van der Waals surface area contributed by atoms with Gasteiger partial charge in [-0.2, -0.15) is 0 Å². The lowest BCUT2D eigenvalue weighted by molar-refractivity contribution is -0.111. The Morgan fingerprint density at radius 1 is 1.17 bits per heavy atom. The van der Waals surface area contributed by atoms with Gasteiger partial charge in [0.05, 0.1) is 10.7 Å². The number of carbonyl (C=O) groups excluding carboxylic acids is 1. The Kier molecular flexibility index (Phi) is 6.47. The molecular formula is C17H15Cl2NO3. The molecule has 120 valence electrons. The highest BCUT2D eigenvalue weighted by molar-refractivity contribution is 6.35. The fourth-order valence-corrected chi connectivity index (χ4v) is 2.08. The van der Waals surface area contributed by atoms with E-state index in [-0.39, 0.29) is 12.7 Å². The molecule has 0 saturated heterocycles. The van der Waals surface area contributed by atoms with Crippen LogP contribution in [0.4, 0.5) is 5.69 Å². The molecule has 0 unspecified atom stereocenters. The van der Waals surface area contributed by atoms with Gasteiger partial charge in [0, 0.05) is 18.2 Å². The molecule has 2 aromatic rings. The third kappa shape index (κ3) is 5.60. The Morgan fingerprint density at radius 2 is 1.91 bits per heavy atom. The Labute approximate surface area is 144 Å². The first kappa shape index (κ1) is 17.3. The topological polar surface area (TPSA) is 47.6 Å². The second-order valence-electron chi connectivity index (χ2n) is 4.57. The minimum Gasteiger partial charge on any atom is -0.468 e. The van der Waals surface area contributed by atoms with Gasteiger partial charge in [-0.05, 0) is 42.0 Å². The van der Waals surface area contributed by atoms with Crippen molar-refractivity contribution in [3.05, 3.63) is 64.1 Å². The van der Waals surface area contributed by atoms with Gasteiger partial charge in [-0.25, -0.2) is 0 Å². The molecule has 0 aliphatic rings. The smallest absolute Gasteiger partial charge is 0.248 e. The molecule has 0 aliphatic heterocycles. The van der Waals surface area contributed by atoms with Crippen molar-refractivity contribution in [2.45, 2.75) is 0 Å². The van der Waals surface area contributed by atoms with Crippen LogP contribution in [0.25, 0.3) is 6.08 Å². The van der Waals surface area contributed by atoms with Gasteiger partial charge in [0.1, 0.15) is 5.75 Å². The molecule has 0 heterocycles. The molecule has 0 aromatic heterocycles. The van der Waals surface area contributed by atoms with Gasteiger partial charge >= 0.3 is 0 Å². The zero-order valence-corrected chi connectivity index (χ0v) is 13.9. The summed E-state index contributed by atoms with van der Waals surface area (Å²) in [5.41, 5.74) is 1.33. The van der Waals surface area contributed by atoms with Gasteiger partial charge in [-0.1, -0.05) is 35.3 Å². The quantitative estimate of drug-likeness (QED) is 0.609. The molecule has 0 spiro atoms. The number of carbonyl (C=O) groups is 1. The summed E-state index contributed by atoms with van der Waals surface area (Å²) in [6.45, 7) is 0.192. The summed E-state index contributed by atoms with van der Waals surface area (Å²) < 4.78 is 10.1. The minimum absolute atomic E-state index is 0.192. The number of ether oxygens (including phenoxy) is 2. The second kappa shape index (κ2) is 8.58. The highest BCUT2D eigenvalue weighted by Crippen LogP contribution is 2.25.